The second-order valence-corrected chi connectivity index (χ2v) is 8.30. The van der Waals surface area contributed by atoms with E-state index in [1.54, 1.807) is 11.3 Å². The Morgan fingerprint density at radius 3 is 2.64 bits per heavy atom. The van der Waals surface area contributed by atoms with Gasteiger partial charge in [0.1, 0.15) is 0 Å². The van der Waals surface area contributed by atoms with Gasteiger partial charge >= 0.3 is 0 Å². The first-order valence-electron chi connectivity index (χ1n) is 9.74. The molecule has 1 saturated carbocycles. The maximum absolute atomic E-state index is 12.6. The number of carbonyl (C=O) groups excluding carboxylic acids is 1. The van der Waals surface area contributed by atoms with Crippen LogP contribution in [-0.2, 0) is 27.5 Å². The Balaban J connectivity index is 1.43. The van der Waals surface area contributed by atoms with Crippen molar-refractivity contribution in [3.05, 3.63) is 69.6 Å². The Kier molecular flexibility index (Phi) is 6.10. The molecule has 28 heavy (non-hydrogen) atoms. The van der Waals surface area contributed by atoms with Crippen LogP contribution in [0.5, 0.6) is 0 Å². The molecule has 2 atom stereocenters. The molecule has 2 N–H and O–H groups in total. The fourth-order valence-electron chi connectivity index (χ4n) is 3.36. The van der Waals surface area contributed by atoms with Gasteiger partial charge in [0.2, 0.25) is 6.29 Å². The molecule has 5 nitrogen and oxygen atoms in total. The molecule has 6 heteroatoms. The van der Waals surface area contributed by atoms with Gasteiger partial charge in [0, 0.05) is 23.3 Å². The molecule has 1 aliphatic carbocycles. The summed E-state index contributed by atoms with van der Waals surface area (Å²) in [4.78, 5) is 13.8. The van der Waals surface area contributed by atoms with Crippen molar-refractivity contribution < 1.29 is 19.4 Å². The molecular weight excluding hydrogens is 374 g/mol. The van der Waals surface area contributed by atoms with Crippen molar-refractivity contribution in [3.63, 3.8) is 0 Å². The summed E-state index contributed by atoms with van der Waals surface area (Å²) in [5, 5.41) is 14.3. The van der Waals surface area contributed by atoms with Gasteiger partial charge in [0.05, 0.1) is 13.2 Å². The molecule has 2 aliphatic rings. The van der Waals surface area contributed by atoms with Gasteiger partial charge in [-0.15, -0.1) is 11.3 Å². The highest BCUT2D eigenvalue weighted by atomic mass is 32.1. The number of nitrogens with one attached hydrogen (secondary N) is 1. The minimum absolute atomic E-state index is 0.0274. The SMILES string of the molecule is O=C(NC1CCC1)C1=C[C@@H](c2cccs2)C[C@@H](OCc2ccc(CO)cc2)O1. The van der Waals surface area contributed by atoms with Crippen LogP contribution in [0.15, 0.2) is 53.6 Å². The van der Waals surface area contributed by atoms with E-state index in [1.807, 2.05) is 41.8 Å². The van der Waals surface area contributed by atoms with E-state index >= 15 is 0 Å². The largest absolute Gasteiger partial charge is 0.459 e. The number of rotatable bonds is 7. The van der Waals surface area contributed by atoms with E-state index in [-0.39, 0.29) is 24.5 Å². The molecule has 0 spiro atoms. The number of benzene rings is 1. The molecular formula is C22H25NO4S. The number of hydrogen-bond donors (Lipinski definition) is 2. The molecule has 148 valence electrons. The maximum atomic E-state index is 12.6. The number of hydrogen-bond acceptors (Lipinski definition) is 5. The number of ether oxygens (including phenoxy) is 2. The van der Waals surface area contributed by atoms with E-state index < -0.39 is 6.29 Å². The minimum atomic E-state index is -0.475. The van der Waals surface area contributed by atoms with Crippen LogP contribution in [0.2, 0.25) is 0 Å². The quantitative estimate of drug-likeness (QED) is 0.742. The van der Waals surface area contributed by atoms with Crippen molar-refractivity contribution in [2.75, 3.05) is 0 Å². The molecule has 1 amide bonds. The molecule has 1 fully saturated rings. The molecule has 1 aromatic heterocycles. The third kappa shape index (κ3) is 4.63. The first-order chi connectivity index (χ1) is 13.7. The number of allylic oxidation sites excluding steroid dienone is 1. The summed E-state index contributed by atoms with van der Waals surface area (Å²) in [6.07, 6.45) is 5.37. The average Bonchev–Trinajstić information content (AvgIpc) is 3.24. The van der Waals surface area contributed by atoms with E-state index in [0.29, 0.717) is 18.8 Å². The monoisotopic (exact) mass is 399 g/mol. The van der Waals surface area contributed by atoms with Crippen LogP contribution in [0.3, 0.4) is 0 Å². The van der Waals surface area contributed by atoms with E-state index in [2.05, 4.69) is 11.4 Å². The molecule has 0 unspecified atom stereocenters. The van der Waals surface area contributed by atoms with Gasteiger partial charge in [-0.3, -0.25) is 4.79 Å². The summed E-state index contributed by atoms with van der Waals surface area (Å²) in [5.74, 6) is 0.321. The Morgan fingerprint density at radius 1 is 1.21 bits per heavy atom. The highest BCUT2D eigenvalue weighted by Gasteiger charge is 2.31. The highest BCUT2D eigenvalue weighted by molar-refractivity contribution is 7.10. The topological polar surface area (TPSA) is 67.8 Å². The number of thiophene rings is 1. The lowest BCUT2D eigenvalue weighted by Crippen LogP contribution is -2.42. The van der Waals surface area contributed by atoms with E-state index in [4.69, 9.17) is 14.6 Å². The second-order valence-electron chi connectivity index (χ2n) is 7.32. The van der Waals surface area contributed by atoms with Crippen molar-refractivity contribution in [3.8, 4) is 0 Å². The van der Waals surface area contributed by atoms with Gasteiger partial charge < -0.3 is 19.9 Å². The van der Waals surface area contributed by atoms with Crippen molar-refractivity contribution in [2.45, 2.75) is 57.1 Å². The molecule has 1 aliphatic heterocycles. The lowest BCUT2D eigenvalue weighted by atomic mass is 9.93. The third-order valence-corrected chi connectivity index (χ3v) is 6.28. The predicted molar refractivity (Wildman–Crippen MR) is 108 cm³/mol. The van der Waals surface area contributed by atoms with Crippen molar-refractivity contribution in [1.82, 2.24) is 5.32 Å². The van der Waals surface area contributed by atoms with Crippen molar-refractivity contribution >= 4 is 17.2 Å². The summed E-state index contributed by atoms with van der Waals surface area (Å²) in [5.41, 5.74) is 1.87. The molecule has 0 saturated heterocycles. The first-order valence-corrected chi connectivity index (χ1v) is 10.6. The van der Waals surface area contributed by atoms with E-state index in [0.717, 1.165) is 24.0 Å². The zero-order valence-electron chi connectivity index (χ0n) is 15.7. The Labute approximate surface area is 169 Å². The van der Waals surface area contributed by atoms with Crippen LogP contribution in [0.4, 0.5) is 0 Å². The predicted octanol–water partition coefficient (Wildman–Crippen LogP) is 3.84. The number of aliphatic hydroxyl groups excluding tert-OH is 1. The van der Waals surface area contributed by atoms with Crippen molar-refractivity contribution in [2.24, 2.45) is 0 Å². The second kappa shape index (κ2) is 8.90. The number of carbonyl (C=O) groups is 1. The summed E-state index contributed by atoms with van der Waals surface area (Å²) in [6.45, 7) is 0.421. The summed E-state index contributed by atoms with van der Waals surface area (Å²) in [7, 11) is 0. The third-order valence-electron chi connectivity index (χ3n) is 5.27. The molecule has 0 radical (unpaired) electrons. The van der Waals surface area contributed by atoms with Crippen molar-refractivity contribution in [1.29, 1.82) is 0 Å². The van der Waals surface area contributed by atoms with Crippen LogP contribution < -0.4 is 5.32 Å². The van der Waals surface area contributed by atoms with Crippen LogP contribution in [0.25, 0.3) is 0 Å². The molecule has 4 rings (SSSR count). The summed E-state index contributed by atoms with van der Waals surface area (Å²) in [6, 6.07) is 12.0. The fraction of sp³-hybridized carbons (Fsp3) is 0.409. The normalized spacial score (nSPS) is 22.1. The fourth-order valence-corrected chi connectivity index (χ4v) is 4.17. The van der Waals surface area contributed by atoms with Crippen LogP contribution in [0, 0.1) is 0 Å². The van der Waals surface area contributed by atoms with Crippen LogP contribution in [0.1, 0.15) is 47.6 Å². The van der Waals surface area contributed by atoms with Gasteiger partial charge in [-0.05, 0) is 47.9 Å². The zero-order chi connectivity index (χ0) is 19.3. The molecule has 0 bridgehead atoms. The van der Waals surface area contributed by atoms with E-state index in [1.165, 1.54) is 11.3 Å². The highest BCUT2D eigenvalue weighted by Crippen LogP contribution is 2.34. The summed E-state index contributed by atoms with van der Waals surface area (Å²) >= 11 is 1.68. The standard InChI is InChI=1S/C22H25NO4S/c24-13-15-6-8-16(9-7-15)14-26-21-12-17(20-5-2-10-28-20)11-19(27-21)22(25)23-18-3-1-4-18/h2,5-11,17-18,21,24H,1,3-4,12-14H2,(H,23,25)/t17-,21+/m1/s1. The lowest BCUT2D eigenvalue weighted by Gasteiger charge is -2.31. The molecule has 1 aromatic carbocycles. The zero-order valence-corrected chi connectivity index (χ0v) is 16.5. The van der Waals surface area contributed by atoms with Gasteiger partial charge in [-0.25, -0.2) is 0 Å². The Morgan fingerprint density at radius 2 is 2.00 bits per heavy atom. The Bertz CT molecular complexity index is 812. The van der Waals surface area contributed by atoms with Crippen LogP contribution in [-0.4, -0.2) is 23.3 Å². The smallest absolute Gasteiger partial charge is 0.286 e. The van der Waals surface area contributed by atoms with Gasteiger partial charge in [-0.1, -0.05) is 30.3 Å². The van der Waals surface area contributed by atoms with Gasteiger partial charge in [0.25, 0.3) is 5.91 Å². The minimum Gasteiger partial charge on any atom is -0.459 e. The Hall–Kier alpha value is -2.15. The average molecular weight is 400 g/mol. The summed E-state index contributed by atoms with van der Waals surface area (Å²) < 4.78 is 11.9. The lowest BCUT2D eigenvalue weighted by molar-refractivity contribution is -0.150. The van der Waals surface area contributed by atoms with Gasteiger partial charge in [0.15, 0.2) is 5.76 Å². The number of amides is 1. The molecule has 2 heterocycles. The first kappa shape index (κ1) is 19.2. The molecule has 2 aromatic rings. The van der Waals surface area contributed by atoms with Crippen LogP contribution >= 0.6 is 11.3 Å². The maximum Gasteiger partial charge on any atom is 0.286 e. The van der Waals surface area contributed by atoms with Gasteiger partial charge in [-0.2, -0.15) is 0 Å². The number of aliphatic hydroxyl groups is 1. The van der Waals surface area contributed by atoms with E-state index in [9.17, 15) is 4.79 Å².